The second-order valence-corrected chi connectivity index (χ2v) is 24.8. The van der Waals surface area contributed by atoms with E-state index in [2.05, 4.69) is 318 Å². The average molecular weight is 1220 g/mol. The smallest absolute Gasteiger partial charge is 0.252 e. The fraction of sp³-hybridized carbons (Fsp3) is 0. The van der Waals surface area contributed by atoms with E-state index in [1.54, 1.807) is 0 Å². The molecule has 0 saturated heterocycles. The second-order valence-electron chi connectivity index (χ2n) is 24.8. The van der Waals surface area contributed by atoms with Gasteiger partial charge in [0.2, 0.25) is 0 Å². The number of anilines is 6. The van der Waals surface area contributed by atoms with Crippen LogP contribution in [-0.4, -0.2) is 21.2 Å². The summed E-state index contributed by atoms with van der Waals surface area (Å²) in [5.41, 5.74) is 29.4. The van der Waals surface area contributed by atoms with Gasteiger partial charge in [0.1, 0.15) is 0 Å². The highest BCUT2D eigenvalue weighted by molar-refractivity contribution is 7.00. The lowest BCUT2D eigenvalue weighted by atomic mass is 9.33. The largest absolute Gasteiger partial charge is 0.311 e. The Hall–Kier alpha value is -12.9. The number of hydrogen-bond acceptors (Lipinski definition) is 5. The fourth-order valence-electron chi connectivity index (χ4n) is 14.7. The maximum atomic E-state index is 10.8. The molecule has 0 bridgehead atoms. The van der Waals surface area contributed by atoms with Gasteiger partial charge in [-0.05, 0) is 163 Å². The van der Waals surface area contributed by atoms with Gasteiger partial charge in [-0.15, -0.1) is 0 Å². The molecule has 16 aromatic rings. The van der Waals surface area contributed by atoms with E-state index >= 15 is 0 Å². The van der Waals surface area contributed by atoms with Gasteiger partial charge in [-0.3, -0.25) is 0 Å². The molecule has 0 fully saturated rings. The van der Waals surface area contributed by atoms with E-state index in [0.717, 1.165) is 106 Å². The summed E-state index contributed by atoms with van der Waals surface area (Å²) in [5.74, 6) is 0.483. The summed E-state index contributed by atoms with van der Waals surface area (Å²) in [7, 11) is 0. The van der Waals surface area contributed by atoms with Crippen molar-refractivity contribution in [1.29, 1.82) is 5.26 Å². The number of para-hydroxylation sites is 1. The number of rotatable bonds is 11. The van der Waals surface area contributed by atoms with Crippen molar-refractivity contribution in [3.05, 3.63) is 351 Å². The number of hydrogen-bond donors (Lipinski definition) is 0. The molecule has 96 heavy (non-hydrogen) atoms. The Kier molecular flexibility index (Phi) is 13.6. The molecule has 0 unspecified atom stereocenters. The van der Waals surface area contributed by atoms with Crippen LogP contribution in [0.5, 0.6) is 0 Å². The molecule has 2 aromatic heterocycles. The van der Waals surface area contributed by atoms with Crippen LogP contribution < -0.4 is 26.2 Å². The van der Waals surface area contributed by atoms with Gasteiger partial charge < -0.3 is 14.4 Å². The zero-order valence-electron chi connectivity index (χ0n) is 52.2. The van der Waals surface area contributed by atoms with Crippen molar-refractivity contribution in [3.63, 3.8) is 0 Å². The molecule has 4 heterocycles. The minimum absolute atomic E-state index is 0.157. The van der Waals surface area contributed by atoms with Crippen molar-refractivity contribution in [2.45, 2.75) is 0 Å². The van der Waals surface area contributed by atoms with Crippen molar-refractivity contribution in [2.75, 3.05) is 9.80 Å². The molecule has 0 N–H and O–H groups in total. The van der Waals surface area contributed by atoms with Gasteiger partial charge in [0.05, 0.1) is 34.1 Å². The van der Waals surface area contributed by atoms with Crippen LogP contribution in [0.4, 0.5) is 34.1 Å². The molecule has 0 saturated carbocycles. The Labute approximate surface area is 557 Å². The van der Waals surface area contributed by atoms with E-state index < -0.39 is 0 Å². The number of nitriles is 1. The first-order chi connectivity index (χ1) is 47.5. The van der Waals surface area contributed by atoms with Crippen molar-refractivity contribution in [3.8, 4) is 101 Å². The zero-order chi connectivity index (χ0) is 63.6. The normalized spacial score (nSPS) is 12.1. The zero-order valence-corrected chi connectivity index (χ0v) is 52.2. The number of fused-ring (bicyclic) bond motifs is 7. The van der Waals surface area contributed by atoms with Crippen LogP contribution in [-0.2, 0) is 0 Å². The topological polar surface area (TPSA) is 61.0 Å². The van der Waals surface area contributed by atoms with E-state index in [0.29, 0.717) is 17.0 Å². The number of benzene rings is 14. The molecule has 0 spiro atoms. The van der Waals surface area contributed by atoms with Crippen LogP contribution in [0.15, 0.2) is 346 Å². The summed E-state index contributed by atoms with van der Waals surface area (Å²) in [6.07, 6.45) is 0. The highest BCUT2D eigenvalue weighted by atomic mass is 15.2. The predicted octanol–water partition coefficient (Wildman–Crippen LogP) is 20.9. The van der Waals surface area contributed by atoms with Crippen molar-refractivity contribution in [1.82, 2.24) is 14.5 Å². The second kappa shape index (κ2) is 23.3. The molecular weight excluding hydrogens is 1160 g/mol. The quantitative estimate of drug-likeness (QED) is 0.121. The van der Waals surface area contributed by atoms with Crippen LogP contribution in [0.3, 0.4) is 0 Å². The van der Waals surface area contributed by atoms with Gasteiger partial charge in [-0.25, -0.2) is 9.97 Å². The van der Waals surface area contributed by atoms with Gasteiger partial charge >= 0.3 is 0 Å². The highest BCUT2D eigenvalue weighted by Gasteiger charge is 2.44. The molecule has 7 heteroatoms. The van der Waals surface area contributed by atoms with Crippen molar-refractivity contribution >= 4 is 79.0 Å². The lowest BCUT2D eigenvalue weighted by Gasteiger charge is -2.44. The van der Waals surface area contributed by atoms with E-state index in [1.165, 1.54) is 49.8 Å². The lowest BCUT2D eigenvalue weighted by Crippen LogP contribution is -2.61. The maximum absolute atomic E-state index is 10.8. The van der Waals surface area contributed by atoms with Gasteiger partial charge in [0, 0.05) is 67.3 Å². The summed E-state index contributed by atoms with van der Waals surface area (Å²) >= 11 is 0. The van der Waals surface area contributed by atoms with Crippen LogP contribution in [0.25, 0.3) is 117 Å². The molecule has 2 aliphatic heterocycles. The molecule has 446 valence electrons. The summed E-state index contributed by atoms with van der Waals surface area (Å²) in [6.45, 7) is -0.157. The minimum atomic E-state index is -0.157. The fourth-order valence-corrected chi connectivity index (χ4v) is 14.7. The highest BCUT2D eigenvalue weighted by Crippen LogP contribution is 2.48. The van der Waals surface area contributed by atoms with Crippen molar-refractivity contribution in [2.24, 2.45) is 0 Å². The monoisotopic (exact) mass is 1220 g/mol. The molecule has 6 nitrogen and oxygen atoms in total. The molecule has 0 amide bonds. The van der Waals surface area contributed by atoms with Crippen LogP contribution in [0.2, 0.25) is 0 Å². The summed E-state index contributed by atoms with van der Waals surface area (Å²) in [5, 5.41) is 13.1. The SMILES string of the molecule is N#Cc1ccc(-n2c3ccccc3c3cc(-c4cc5c6c(c4)N(c4ccc(-c7ccccc7)cc4)c4ccc(-c7ccccc7)cc4B6c4cc(-c6ccccc6)ccc4N5c4ccc(-c5ccccc5)cc4)ccc32)cc1-c1nc(-c2ccccc2)cc(-c2ccccc2)n1. The Morgan fingerprint density at radius 1 is 0.281 bits per heavy atom. The lowest BCUT2D eigenvalue weighted by molar-refractivity contribution is 1.15. The molecule has 18 rings (SSSR count). The van der Waals surface area contributed by atoms with Crippen molar-refractivity contribution < 1.29 is 0 Å². The van der Waals surface area contributed by atoms with Crippen LogP contribution in [0.1, 0.15) is 5.56 Å². The number of aromatic nitrogens is 3. The summed E-state index contributed by atoms with van der Waals surface area (Å²) < 4.78 is 2.32. The third-order valence-corrected chi connectivity index (χ3v) is 19.2. The first-order valence-corrected chi connectivity index (χ1v) is 32.6. The summed E-state index contributed by atoms with van der Waals surface area (Å²) in [6, 6.07) is 127. The third-order valence-electron chi connectivity index (χ3n) is 19.2. The first-order valence-electron chi connectivity index (χ1n) is 32.6. The van der Waals surface area contributed by atoms with E-state index in [-0.39, 0.29) is 6.71 Å². The standard InChI is InChI=1S/C89H57BN6/c91-58-70-39-47-74(56-76(70)89-92-80(65-29-15-5-16-30-65)57-81(93-89)66-31-17-6-18-32-66)96-82-34-20-19-33-75(82)77-51-67(40-48-83(77)96)71-54-86-88-87(55-71)95(73-45-37-64(38-46-73)60-23-9-2-10-24-60)85-50-42-69(62-27-13-4-14-28-62)53-79(85)90(88)78-52-68(61-25-11-3-12-26-61)41-49-84(78)94(86)72-43-35-63(36-44-72)59-21-7-1-8-22-59/h1-57H. The third kappa shape index (κ3) is 9.66. The Morgan fingerprint density at radius 2 is 0.667 bits per heavy atom. The molecule has 0 atom stereocenters. The first kappa shape index (κ1) is 55.9. The Balaban J connectivity index is 0.864. The van der Waals surface area contributed by atoms with E-state index in [4.69, 9.17) is 9.97 Å². The molecule has 0 radical (unpaired) electrons. The summed E-state index contributed by atoms with van der Waals surface area (Å²) in [4.78, 5) is 15.5. The van der Waals surface area contributed by atoms with Gasteiger partial charge in [0.25, 0.3) is 6.71 Å². The predicted molar refractivity (Wildman–Crippen MR) is 399 cm³/mol. The molecule has 0 aliphatic carbocycles. The van der Waals surface area contributed by atoms with E-state index in [9.17, 15) is 5.26 Å². The van der Waals surface area contributed by atoms with Gasteiger partial charge in [-0.2, -0.15) is 5.26 Å². The Bertz CT molecular complexity index is 5440. The van der Waals surface area contributed by atoms with E-state index in [1.807, 2.05) is 48.5 Å². The molecule has 14 aromatic carbocycles. The Morgan fingerprint density at radius 3 is 1.15 bits per heavy atom. The van der Waals surface area contributed by atoms with Gasteiger partial charge in [0.15, 0.2) is 5.82 Å². The number of nitrogens with zero attached hydrogens (tertiary/aromatic N) is 6. The van der Waals surface area contributed by atoms with Crippen LogP contribution >= 0.6 is 0 Å². The molecular formula is C89H57BN6. The average Bonchev–Trinajstić information content (AvgIpc) is 0.791. The van der Waals surface area contributed by atoms with Crippen LogP contribution in [0, 0.1) is 11.3 Å². The van der Waals surface area contributed by atoms with Gasteiger partial charge in [-0.1, -0.05) is 255 Å². The minimum Gasteiger partial charge on any atom is -0.311 e. The molecule has 2 aliphatic rings. The maximum Gasteiger partial charge on any atom is 0.252 e.